The van der Waals surface area contributed by atoms with Crippen LogP contribution in [0.5, 0.6) is 0 Å². The first-order valence-electron chi connectivity index (χ1n) is 8.22. The number of amides is 1. The van der Waals surface area contributed by atoms with Gasteiger partial charge in [-0.2, -0.15) is 5.26 Å². The number of pyridine rings is 1. The highest BCUT2D eigenvalue weighted by molar-refractivity contribution is 5.99. The number of nitriles is 1. The molecule has 120 valence electrons. The van der Waals surface area contributed by atoms with Gasteiger partial charge in [-0.1, -0.05) is 25.3 Å². The minimum atomic E-state index is -0.910. The highest BCUT2D eigenvalue weighted by atomic mass is 16.2. The average molecular weight is 310 g/mol. The molecule has 1 saturated carbocycles. The summed E-state index contributed by atoms with van der Waals surface area (Å²) in [6.45, 7) is 3.37. The summed E-state index contributed by atoms with van der Waals surface area (Å²) in [5.74, 6) is 1.09. The van der Waals surface area contributed by atoms with E-state index in [1.165, 1.54) is 19.3 Å². The molecule has 1 amide bonds. The zero-order chi connectivity index (χ0) is 16.4. The second kappa shape index (κ2) is 6.04. The summed E-state index contributed by atoms with van der Waals surface area (Å²) in [5, 5.41) is 11.9. The van der Waals surface area contributed by atoms with Crippen LogP contribution in [0.2, 0.25) is 0 Å². The molecule has 5 heteroatoms. The van der Waals surface area contributed by atoms with Crippen molar-refractivity contribution in [2.75, 3.05) is 0 Å². The maximum absolute atomic E-state index is 12.6. The molecule has 0 unspecified atom stereocenters. The first-order valence-corrected chi connectivity index (χ1v) is 8.22. The van der Waals surface area contributed by atoms with E-state index in [0.29, 0.717) is 11.6 Å². The third kappa shape index (κ3) is 3.07. The Morgan fingerprint density at radius 3 is 2.78 bits per heavy atom. The number of imidazole rings is 1. The standard InChI is InChI=1S/C18H22N4O/c1-18(2,12-19)21-17(23)15-14-10-6-7-11-22(14)16(20-15)13-8-4-3-5-9-13/h6-7,10-11,13H,3-5,8-9H2,1-2H3,(H,21,23). The quantitative estimate of drug-likeness (QED) is 0.944. The van der Waals surface area contributed by atoms with E-state index in [1.54, 1.807) is 13.8 Å². The highest BCUT2D eigenvalue weighted by Crippen LogP contribution is 2.33. The van der Waals surface area contributed by atoms with Crippen LogP contribution in [0.25, 0.3) is 5.52 Å². The van der Waals surface area contributed by atoms with Crippen molar-refractivity contribution in [3.8, 4) is 6.07 Å². The third-order valence-electron chi connectivity index (χ3n) is 4.47. The summed E-state index contributed by atoms with van der Waals surface area (Å²) in [5.41, 5.74) is 0.307. The molecule has 0 spiro atoms. The van der Waals surface area contributed by atoms with Crippen LogP contribution in [-0.4, -0.2) is 20.8 Å². The summed E-state index contributed by atoms with van der Waals surface area (Å²) in [6.07, 6.45) is 7.93. The largest absolute Gasteiger partial charge is 0.333 e. The highest BCUT2D eigenvalue weighted by Gasteiger charge is 2.27. The zero-order valence-corrected chi connectivity index (χ0v) is 13.7. The van der Waals surface area contributed by atoms with Crippen molar-refractivity contribution in [2.45, 2.75) is 57.4 Å². The van der Waals surface area contributed by atoms with Gasteiger partial charge in [0.05, 0.1) is 11.6 Å². The maximum Gasteiger partial charge on any atom is 0.273 e. The van der Waals surface area contributed by atoms with E-state index in [-0.39, 0.29) is 5.91 Å². The molecular weight excluding hydrogens is 288 g/mol. The van der Waals surface area contributed by atoms with Gasteiger partial charge in [-0.3, -0.25) is 4.79 Å². The van der Waals surface area contributed by atoms with Crippen molar-refractivity contribution in [2.24, 2.45) is 0 Å². The van der Waals surface area contributed by atoms with Crippen molar-refractivity contribution < 1.29 is 4.79 Å². The topological polar surface area (TPSA) is 70.2 Å². The minimum absolute atomic E-state index is 0.290. The molecule has 5 nitrogen and oxygen atoms in total. The molecule has 1 aliphatic carbocycles. The number of nitrogens with zero attached hydrogens (tertiary/aromatic N) is 3. The number of hydrogen-bond acceptors (Lipinski definition) is 3. The first kappa shape index (κ1) is 15.5. The maximum atomic E-state index is 12.6. The monoisotopic (exact) mass is 310 g/mol. The van der Waals surface area contributed by atoms with Gasteiger partial charge in [0.1, 0.15) is 11.4 Å². The van der Waals surface area contributed by atoms with E-state index in [4.69, 9.17) is 5.26 Å². The fraction of sp³-hybridized carbons (Fsp3) is 0.500. The van der Waals surface area contributed by atoms with Gasteiger partial charge in [-0.15, -0.1) is 0 Å². The van der Waals surface area contributed by atoms with Crippen molar-refractivity contribution >= 4 is 11.4 Å². The van der Waals surface area contributed by atoms with Gasteiger partial charge in [0.2, 0.25) is 0 Å². The predicted molar refractivity (Wildman–Crippen MR) is 88.2 cm³/mol. The Balaban J connectivity index is 2.01. The van der Waals surface area contributed by atoms with E-state index in [1.807, 2.05) is 28.8 Å². The molecule has 1 fully saturated rings. The van der Waals surface area contributed by atoms with Crippen LogP contribution >= 0.6 is 0 Å². The lowest BCUT2D eigenvalue weighted by atomic mass is 9.89. The molecule has 2 heterocycles. The van der Waals surface area contributed by atoms with E-state index in [0.717, 1.165) is 24.2 Å². The fourth-order valence-electron chi connectivity index (χ4n) is 3.25. The van der Waals surface area contributed by atoms with Crippen LogP contribution < -0.4 is 5.32 Å². The molecule has 0 aliphatic heterocycles. The van der Waals surface area contributed by atoms with Crippen molar-refractivity contribution in [1.29, 1.82) is 5.26 Å². The second-order valence-electron chi connectivity index (χ2n) is 6.80. The number of carbonyl (C=O) groups is 1. The number of aromatic nitrogens is 2. The molecule has 0 bridgehead atoms. The molecule has 1 aliphatic rings. The van der Waals surface area contributed by atoms with Gasteiger partial charge in [-0.05, 0) is 38.8 Å². The second-order valence-corrected chi connectivity index (χ2v) is 6.80. The summed E-state index contributed by atoms with van der Waals surface area (Å²) in [7, 11) is 0. The smallest absolute Gasteiger partial charge is 0.273 e. The average Bonchev–Trinajstić information content (AvgIpc) is 2.95. The zero-order valence-electron chi connectivity index (χ0n) is 13.7. The molecule has 1 N–H and O–H groups in total. The van der Waals surface area contributed by atoms with E-state index >= 15 is 0 Å². The lowest BCUT2D eigenvalue weighted by Crippen LogP contribution is -2.42. The molecule has 3 rings (SSSR count). The van der Waals surface area contributed by atoms with E-state index in [2.05, 4.69) is 16.4 Å². The number of nitrogens with one attached hydrogen (secondary N) is 1. The number of carbonyl (C=O) groups excluding carboxylic acids is 1. The predicted octanol–water partition coefficient (Wildman–Crippen LogP) is 3.41. The van der Waals surface area contributed by atoms with Crippen molar-refractivity contribution in [3.63, 3.8) is 0 Å². The molecule has 2 aromatic rings. The van der Waals surface area contributed by atoms with Crippen LogP contribution in [0.1, 0.15) is 68.2 Å². The Hall–Kier alpha value is -2.35. The van der Waals surface area contributed by atoms with Crippen LogP contribution in [-0.2, 0) is 0 Å². The number of fused-ring (bicyclic) bond motifs is 1. The Bertz CT molecular complexity index is 763. The molecular formula is C18H22N4O. The van der Waals surface area contributed by atoms with Gasteiger partial charge in [0.15, 0.2) is 5.69 Å². The van der Waals surface area contributed by atoms with Crippen LogP contribution in [0.4, 0.5) is 0 Å². The van der Waals surface area contributed by atoms with Gasteiger partial charge in [0, 0.05) is 12.1 Å². The Morgan fingerprint density at radius 1 is 1.35 bits per heavy atom. The van der Waals surface area contributed by atoms with Gasteiger partial charge >= 0.3 is 0 Å². The van der Waals surface area contributed by atoms with Crippen LogP contribution in [0, 0.1) is 11.3 Å². The third-order valence-corrected chi connectivity index (χ3v) is 4.47. The molecule has 0 saturated heterocycles. The summed E-state index contributed by atoms with van der Waals surface area (Å²) in [6, 6.07) is 7.87. The molecule has 0 atom stereocenters. The Labute approximate surface area is 136 Å². The Kier molecular flexibility index (Phi) is 4.08. The molecule has 2 aromatic heterocycles. The number of rotatable bonds is 3. The molecule has 23 heavy (non-hydrogen) atoms. The molecule has 0 aromatic carbocycles. The SMILES string of the molecule is CC(C)(C#N)NC(=O)c1nc(C2CCCCC2)n2ccccc12. The van der Waals surface area contributed by atoms with Crippen molar-refractivity contribution in [1.82, 2.24) is 14.7 Å². The van der Waals surface area contributed by atoms with Crippen molar-refractivity contribution in [3.05, 3.63) is 35.9 Å². The fourth-order valence-corrected chi connectivity index (χ4v) is 3.25. The van der Waals surface area contributed by atoms with Gasteiger partial charge in [0.25, 0.3) is 5.91 Å². The van der Waals surface area contributed by atoms with Gasteiger partial charge in [-0.25, -0.2) is 4.98 Å². The summed E-state index contributed by atoms with van der Waals surface area (Å²) >= 11 is 0. The van der Waals surface area contributed by atoms with Crippen LogP contribution in [0.15, 0.2) is 24.4 Å². The summed E-state index contributed by atoms with van der Waals surface area (Å²) < 4.78 is 2.03. The van der Waals surface area contributed by atoms with Crippen LogP contribution in [0.3, 0.4) is 0 Å². The normalized spacial score (nSPS) is 16.2. The lowest BCUT2D eigenvalue weighted by Gasteiger charge is -2.20. The van der Waals surface area contributed by atoms with Gasteiger partial charge < -0.3 is 9.72 Å². The van der Waals surface area contributed by atoms with E-state index < -0.39 is 5.54 Å². The first-order chi connectivity index (χ1) is 11.0. The number of hydrogen-bond donors (Lipinski definition) is 1. The molecule has 0 radical (unpaired) electrons. The lowest BCUT2D eigenvalue weighted by molar-refractivity contribution is 0.0926. The summed E-state index contributed by atoms with van der Waals surface area (Å²) in [4.78, 5) is 17.3. The van der Waals surface area contributed by atoms with E-state index in [9.17, 15) is 4.79 Å². The Morgan fingerprint density at radius 2 is 2.09 bits per heavy atom. The minimum Gasteiger partial charge on any atom is -0.333 e.